The number of rotatable bonds is 4. The van der Waals surface area contributed by atoms with Crippen LogP contribution in [-0.2, 0) is 6.42 Å². The van der Waals surface area contributed by atoms with Gasteiger partial charge in [-0.05, 0) is 37.1 Å². The zero-order chi connectivity index (χ0) is 19.0. The number of methoxy groups -OCH3 is 1. The zero-order valence-corrected chi connectivity index (χ0v) is 15.4. The summed E-state index contributed by atoms with van der Waals surface area (Å²) in [7, 11) is 1.60. The second kappa shape index (κ2) is 7.02. The Hall–Kier alpha value is -2.90. The van der Waals surface area contributed by atoms with Crippen molar-refractivity contribution in [2.75, 3.05) is 30.4 Å². The number of fused-ring (bicyclic) bond motifs is 2. The molecule has 0 saturated carbocycles. The van der Waals surface area contributed by atoms with E-state index in [1.807, 2.05) is 16.7 Å². The van der Waals surface area contributed by atoms with E-state index >= 15 is 0 Å². The van der Waals surface area contributed by atoms with Crippen LogP contribution < -0.4 is 15.0 Å². The number of aromatic nitrogens is 2. The number of ether oxygens (including phenoxy) is 1. The summed E-state index contributed by atoms with van der Waals surface area (Å²) in [6.45, 7) is 3.02. The second-order valence-corrected chi connectivity index (χ2v) is 6.83. The Morgan fingerprint density at radius 2 is 1.96 bits per heavy atom. The number of urea groups is 1. The van der Waals surface area contributed by atoms with Crippen molar-refractivity contribution in [3.05, 3.63) is 42.1 Å². The molecule has 3 saturated heterocycles. The van der Waals surface area contributed by atoms with Crippen LogP contribution in [0.25, 0.3) is 0 Å². The number of nitrogens with one attached hydrogen (secondary N) is 1. The number of nitrogens with zero attached hydrogens (tertiary/aromatic N) is 4. The fourth-order valence-electron chi connectivity index (χ4n) is 3.84. The third kappa shape index (κ3) is 3.15. The standard InChI is InChI=1S/C19H22FN5O2/c1-3-16-17(20)18(22-11-21-16)24-9-13-8-14(10-24)25(13)19(26)23-12-4-6-15(27-2)7-5-12/h4-7,11,13-14H,3,8-10H2,1-2H3,(H,23,26). The molecule has 2 bridgehead atoms. The van der Waals surface area contributed by atoms with E-state index in [0.717, 1.165) is 17.9 Å². The lowest BCUT2D eigenvalue weighted by atomic mass is 9.88. The lowest BCUT2D eigenvalue weighted by Gasteiger charge is -2.56. The number of hydrogen-bond acceptors (Lipinski definition) is 5. The maximum atomic E-state index is 14.5. The molecule has 0 aliphatic carbocycles. The summed E-state index contributed by atoms with van der Waals surface area (Å²) in [6.07, 6.45) is 2.87. The second-order valence-electron chi connectivity index (χ2n) is 6.83. The lowest BCUT2D eigenvalue weighted by Crippen LogP contribution is -2.71. The van der Waals surface area contributed by atoms with Crippen molar-refractivity contribution in [2.45, 2.75) is 31.8 Å². The van der Waals surface area contributed by atoms with Gasteiger partial charge in [-0.2, -0.15) is 0 Å². The van der Waals surface area contributed by atoms with Crippen LogP contribution in [-0.4, -0.2) is 53.2 Å². The van der Waals surface area contributed by atoms with E-state index in [-0.39, 0.29) is 23.9 Å². The van der Waals surface area contributed by atoms with Gasteiger partial charge < -0.3 is 19.9 Å². The molecular formula is C19H22FN5O2. The third-order valence-corrected chi connectivity index (χ3v) is 5.25. The van der Waals surface area contributed by atoms with Crippen molar-refractivity contribution in [3.63, 3.8) is 0 Å². The first-order chi connectivity index (χ1) is 13.1. The third-order valence-electron chi connectivity index (χ3n) is 5.25. The Balaban J connectivity index is 1.42. The summed E-state index contributed by atoms with van der Waals surface area (Å²) in [6, 6.07) is 7.21. The number of aryl methyl sites for hydroxylation is 1. The average Bonchev–Trinajstić information content (AvgIpc) is 2.68. The molecule has 8 heteroatoms. The molecule has 4 heterocycles. The average molecular weight is 371 g/mol. The van der Waals surface area contributed by atoms with Crippen molar-refractivity contribution in [2.24, 2.45) is 0 Å². The van der Waals surface area contributed by atoms with E-state index in [4.69, 9.17) is 4.74 Å². The van der Waals surface area contributed by atoms with Gasteiger partial charge >= 0.3 is 6.03 Å². The summed E-state index contributed by atoms with van der Waals surface area (Å²) in [5, 5.41) is 2.92. The zero-order valence-electron chi connectivity index (χ0n) is 15.4. The number of piperazine rings is 1. The Kier molecular flexibility index (Phi) is 4.55. The van der Waals surface area contributed by atoms with Crippen LogP contribution in [0.2, 0.25) is 0 Å². The van der Waals surface area contributed by atoms with Gasteiger partial charge in [0.05, 0.1) is 24.9 Å². The summed E-state index contributed by atoms with van der Waals surface area (Å²) in [4.78, 5) is 24.5. The summed E-state index contributed by atoms with van der Waals surface area (Å²) < 4.78 is 19.7. The van der Waals surface area contributed by atoms with E-state index < -0.39 is 0 Å². The molecule has 3 fully saturated rings. The normalized spacial score (nSPS) is 20.9. The number of carbonyl (C=O) groups excluding carboxylic acids is 1. The molecule has 142 valence electrons. The Labute approximate surface area is 157 Å². The molecule has 3 aliphatic rings. The minimum absolute atomic E-state index is 0.0569. The molecule has 2 atom stereocenters. The van der Waals surface area contributed by atoms with Crippen LogP contribution in [0.5, 0.6) is 5.75 Å². The summed E-state index contributed by atoms with van der Waals surface area (Å²) >= 11 is 0. The van der Waals surface area contributed by atoms with Gasteiger partial charge in [0, 0.05) is 18.8 Å². The maximum absolute atomic E-state index is 14.5. The fourth-order valence-corrected chi connectivity index (χ4v) is 3.84. The van der Waals surface area contributed by atoms with E-state index in [1.165, 1.54) is 6.33 Å². The largest absolute Gasteiger partial charge is 0.497 e. The Morgan fingerprint density at radius 1 is 1.26 bits per heavy atom. The summed E-state index contributed by atoms with van der Waals surface area (Å²) in [5.74, 6) is 0.727. The van der Waals surface area contributed by atoms with Gasteiger partial charge in [0.25, 0.3) is 0 Å². The van der Waals surface area contributed by atoms with Gasteiger partial charge in [0.2, 0.25) is 0 Å². The molecule has 2 unspecified atom stereocenters. The lowest BCUT2D eigenvalue weighted by molar-refractivity contribution is 0.0434. The highest BCUT2D eigenvalue weighted by Gasteiger charge is 2.48. The SMILES string of the molecule is CCc1ncnc(N2CC3CC(C2)N3C(=O)Nc2ccc(OC)cc2)c1F. The molecule has 5 rings (SSSR count). The molecule has 0 spiro atoms. The van der Waals surface area contributed by atoms with E-state index in [1.54, 1.807) is 31.4 Å². The predicted molar refractivity (Wildman–Crippen MR) is 99.6 cm³/mol. The van der Waals surface area contributed by atoms with Crippen molar-refractivity contribution in [1.82, 2.24) is 14.9 Å². The first-order valence-corrected chi connectivity index (χ1v) is 9.08. The first-order valence-electron chi connectivity index (χ1n) is 9.08. The summed E-state index contributed by atoms with van der Waals surface area (Å²) in [5.41, 5.74) is 1.14. The number of piperidine rings is 1. The molecule has 1 aromatic carbocycles. The highest BCUT2D eigenvalue weighted by molar-refractivity contribution is 5.90. The molecule has 27 heavy (non-hydrogen) atoms. The molecule has 7 nitrogen and oxygen atoms in total. The van der Waals surface area contributed by atoms with Crippen molar-refractivity contribution >= 4 is 17.5 Å². The van der Waals surface area contributed by atoms with Gasteiger partial charge in [-0.15, -0.1) is 0 Å². The quantitative estimate of drug-likeness (QED) is 0.895. The van der Waals surface area contributed by atoms with Crippen LogP contribution in [0.3, 0.4) is 0 Å². The molecule has 3 aliphatic heterocycles. The monoisotopic (exact) mass is 371 g/mol. The van der Waals surface area contributed by atoms with Crippen LogP contribution in [0, 0.1) is 5.82 Å². The molecular weight excluding hydrogens is 349 g/mol. The Morgan fingerprint density at radius 3 is 2.59 bits per heavy atom. The predicted octanol–water partition coefficient (Wildman–Crippen LogP) is 2.68. The first kappa shape index (κ1) is 17.5. The van der Waals surface area contributed by atoms with Gasteiger partial charge in [-0.3, -0.25) is 0 Å². The molecule has 0 radical (unpaired) electrons. The van der Waals surface area contributed by atoms with Gasteiger partial charge in [0.15, 0.2) is 11.6 Å². The molecule has 2 aromatic rings. The number of anilines is 2. The molecule has 1 N–H and O–H groups in total. The smallest absolute Gasteiger partial charge is 0.322 e. The highest BCUT2D eigenvalue weighted by atomic mass is 19.1. The maximum Gasteiger partial charge on any atom is 0.322 e. The van der Waals surface area contributed by atoms with Crippen LogP contribution in [0.15, 0.2) is 30.6 Å². The number of hydrogen-bond donors (Lipinski definition) is 1. The van der Waals surface area contributed by atoms with Gasteiger partial charge in [-0.25, -0.2) is 19.2 Å². The number of amides is 2. The minimum Gasteiger partial charge on any atom is -0.497 e. The van der Waals surface area contributed by atoms with E-state index in [9.17, 15) is 9.18 Å². The van der Waals surface area contributed by atoms with Gasteiger partial charge in [-0.1, -0.05) is 6.92 Å². The topological polar surface area (TPSA) is 70.6 Å². The molecule has 1 aromatic heterocycles. The number of halogens is 1. The van der Waals surface area contributed by atoms with Crippen molar-refractivity contribution in [1.29, 1.82) is 0 Å². The van der Waals surface area contributed by atoms with Gasteiger partial charge in [0.1, 0.15) is 12.1 Å². The number of carbonyl (C=O) groups is 1. The van der Waals surface area contributed by atoms with E-state index in [2.05, 4.69) is 15.3 Å². The Bertz CT molecular complexity index is 832. The van der Waals surface area contributed by atoms with Crippen molar-refractivity contribution in [3.8, 4) is 5.75 Å². The van der Waals surface area contributed by atoms with Crippen LogP contribution in [0.4, 0.5) is 20.7 Å². The minimum atomic E-state index is -0.351. The molecule has 2 amide bonds. The number of benzene rings is 1. The van der Waals surface area contributed by atoms with E-state index in [0.29, 0.717) is 31.0 Å². The van der Waals surface area contributed by atoms with Crippen molar-refractivity contribution < 1.29 is 13.9 Å². The van der Waals surface area contributed by atoms with Crippen LogP contribution >= 0.6 is 0 Å². The highest BCUT2D eigenvalue weighted by Crippen LogP contribution is 2.35. The van der Waals surface area contributed by atoms with Crippen LogP contribution in [0.1, 0.15) is 19.0 Å². The fraction of sp³-hybridized carbons (Fsp3) is 0.421.